The van der Waals surface area contributed by atoms with Crippen LogP contribution in [0.3, 0.4) is 0 Å². The van der Waals surface area contributed by atoms with Gasteiger partial charge in [-0.1, -0.05) is 95.5 Å². The second-order valence-corrected chi connectivity index (χ2v) is 8.06. The van der Waals surface area contributed by atoms with Crippen LogP contribution in [0.2, 0.25) is 0 Å². The molecule has 2 rings (SSSR count). The van der Waals surface area contributed by atoms with Crippen molar-refractivity contribution < 1.29 is 4.79 Å². The minimum absolute atomic E-state index is 0.0996. The maximum Gasteiger partial charge on any atom is 0.193 e. The first-order valence-electron chi connectivity index (χ1n) is 11.7. The highest BCUT2D eigenvalue weighted by atomic mass is 16.1. The highest BCUT2D eigenvalue weighted by Crippen LogP contribution is 2.20. The number of nitrogens with zero attached hydrogens (tertiary/aromatic N) is 1. The summed E-state index contributed by atoms with van der Waals surface area (Å²) in [5, 5.41) is 0. The predicted octanol–water partition coefficient (Wildman–Crippen LogP) is 7.66. The van der Waals surface area contributed by atoms with E-state index in [9.17, 15) is 4.79 Å². The van der Waals surface area contributed by atoms with Crippen molar-refractivity contribution in [2.24, 2.45) is 0 Å². The molecule has 0 aliphatic rings. The Morgan fingerprint density at radius 2 is 1.10 bits per heavy atom. The summed E-state index contributed by atoms with van der Waals surface area (Å²) in [6.07, 6.45) is 13.1. The first-order chi connectivity index (χ1) is 14.3. The molecule has 0 aliphatic carbocycles. The van der Waals surface area contributed by atoms with Gasteiger partial charge in [-0.25, -0.2) is 0 Å². The zero-order chi connectivity index (χ0) is 20.7. The summed E-state index contributed by atoms with van der Waals surface area (Å²) in [4.78, 5) is 15.2. The van der Waals surface area contributed by atoms with Crippen molar-refractivity contribution in [2.45, 2.75) is 78.1 Å². The van der Waals surface area contributed by atoms with Gasteiger partial charge >= 0.3 is 0 Å². The van der Waals surface area contributed by atoms with Gasteiger partial charge in [0.1, 0.15) is 0 Å². The number of rotatable bonds is 15. The number of anilines is 1. The maximum atomic E-state index is 12.7. The molecule has 0 fully saturated rings. The Hall–Kier alpha value is -2.09. The Morgan fingerprint density at radius 3 is 1.69 bits per heavy atom. The van der Waals surface area contributed by atoms with E-state index in [1.54, 1.807) is 0 Å². The third kappa shape index (κ3) is 8.43. The van der Waals surface area contributed by atoms with Crippen LogP contribution in [0.4, 0.5) is 5.69 Å². The van der Waals surface area contributed by atoms with Gasteiger partial charge in [0, 0.05) is 29.9 Å². The van der Waals surface area contributed by atoms with E-state index in [4.69, 9.17) is 0 Å². The molecule has 0 saturated carbocycles. The topological polar surface area (TPSA) is 20.3 Å². The summed E-state index contributed by atoms with van der Waals surface area (Å²) < 4.78 is 0. The highest BCUT2D eigenvalue weighted by molar-refractivity contribution is 6.09. The maximum absolute atomic E-state index is 12.7. The summed E-state index contributed by atoms with van der Waals surface area (Å²) >= 11 is 0. The van der Waals surface area contributed by atoms with E-state index in [-0.39, 0.29) is 5.78 Å². The first kappa shape index (κ1) is 23.2. The molecule has 158 valence electrons. The average Bonchev–Trinajstić information content (AvgIpc) is 2.78. The zero-order valence-corrected chi connectivity index (χ0v) is 18.5. The van der Waals surface area contributed by atoms with Crippen LogP contribution in [0.5, 0.6) is 0 Å². The van der Waals surface area contributed by atoms with Gasteiger partial charge in [0.2, 0.25) is 0 Å². The van der Waals surface area contributed by atoms with Gasteiger partial charge in [0.15, 0.2) is 5.78 Å². The van der Waals surface area contributed by atoms with Crippen molar-refractivity contribution >= 4 is 11.5 Å². The molecule has 2 heteroatoms. The van der Waals surface area contributed by atoms with Gasteiger partial charge in [-0.05, 0) is 37.1 Å². The SMILES string of the molecule is CCCCCCCCN(CCCCCC)c1ccc(C(=O)c2ccccc2)cc1. The van der Waals surface area contributed by atoms with Gasteiger partial charge in [0.05, 0.1) is 0 Å². The highest BCUT2D eigenvalue weighted by Gasteiger charge is 2.11. The van der Waals surface area contributed by atoms with Gasteiger partial charge < -0.3 is 4.90 Å². The fourth-order valence-electron chi connectivity index (χ4n) is 3.76. The van der Waals surface area contributed by atoms with Gasteiger partial charge in [0.25, 0.3) is 0 Å². The van der Waals surface area contributed by atoms with Crippen molar-refractivity contribution in [3.63, 3.8) is 0 Å². The second kappa shape index (κ2) is 14.0. The predicted molar refractivity (Wildman–Crippen MR) is 126 cm³/mol. The molecule has 2 aromatic carbocycles. The lowest BCUT2D eigenvalue weighted by Gasteiger charge is -2.25. The van der Waals surface area contributed by atoms with Crippen LogP contribution < -0.4 is 4.90 Å². The standard InChI is InChI=1S/C27H39NO/c1-3-5-7-9-10-15-23-28(22-14-8-6-4-2)26-20-18-25(19-21-26)27(29)24-16-12-11-13-17-24/h11-13,16-21H,3-10,14-15,22-23H2,1-2H3. The summed E-state index contributed by atoms with van der Waals surface area (Å²) in [7, 11) is 0. The molecule has 29 heavy (non-hydrogen) atoms. The summed E-state index contributed by atoms with van der Waals surface area (Å²) in [6.45, 7) is 6.76. The average molecular weight is 394 g/mol. The minimum Gasteiger partial charge on any atom is -0.372 e. The molecule has 0 aliphatic heterocycles. The molecule has 0 unspecified atom stereocenters. The monoisotopic (exact) mass is 393 g/mol. The fraction of sp³-hybridized carbons (Fsp3) is 0.519. The molecule has 0 atom stereocenters. The lowest BCUT2D eigenvalue weighted by atomic mass is 10.0. The summed E-state index contributed by atoms with van der Waals surface area (Å²) in [5.74, 6) is 0.0996. The molecule has 0 N–H and O–H groups in total. The molecule has 2 aromatic rings. The van der Waals surface area contributed by atoms with Crippen molar-refractivity contribution in [2.75, 3.05) is 18.0 Å². The van der Waals surface area contributed by atoms with Crippen LogP contribution >= 0.6 is 0 Å². The lowest BCUT2D eigenvalue weighted by Crippen LogP contribution is -2.25. The Bertz CT molecular complexity index is 677. The summed E-state index contributed by atoms with van der Waals surface area (Å²) in [6, 6.07) is 17.8. The third-order valence-corrected chi connectivity index (χ3v) is 5.59. The van der Waals surface area contributed by atoms with Crippen molar-refractivity contribution in [3.05, 3.63) is 65.7 Å². The van der Waals surface area contributed by atoms with Crippen molar-refractivity contribution in [1.82, 2.24) is 0 Å². The number of carbonyl (C=O) groups excluding carboxylic acids is 1. The van der Waals surface area contributed by atoms with Crippen LogP contribution in [0, 0.1) is 0 Å². The van der Waals surface area contributed by atoms with Crippen LogP contribution in [0.25, 0.3) is 0 Å². The molecule has 0 amide bonds. The number of hydrogen-bond acceptors (Lipinski definition) is 2. The normalized spacial score (nSPS) is 10.8. The molecular weight excluding hydrogens is 354 g/mol. The van der Waals surface area contributed by atoms with Crippen molar-refractivity contribution in [3.8, 4) is 0 Å². The van der Waals surface area contributed by atoms with Gasteiger partial charge in [-0.2, -0.15) is 0 Å². The van der Waals surface area contributed by atoms with E-state index in [0.717, 1.165) is 24.2 Å². The summed E-state index contributed by atoms with van der Waals surface area (Å²) in [5.41, 5.74) is 2.77. The van der Waals surface area contributed by atoms with E-state index in [0.29, 0.717) is 0 Å². The fourth-order valence-corrected chi connectivity index (χ4v) is 3.76. The molecule has 2 nitrogen and oxygen atoms in total. The molecule has 0 spiro atoms. The molecule has 0 saturated heterocycles. The Balaban J connectivity index is 1.95. The van der Waals surface area contributed by atoms with E-state index in [1.165, 1.54) is 69.9 Å². The third-order valence-electron chi connectivity index (χ3n) is 5.59. The minimum atomic E-state index is 0.0996. The van der Waals surface area contributed by atoms with E-state index < -0.39 is 0 Å². The smallest absolute Gasteiger partial charge is 0.193 e. The number of unbranched alkanes of at least 4 members (excludes halogenated alkanes) is 8. The second-order valence-electron chi connectivity index (χ2n) is 8.06. The Morgan fingerprint density at radius 1 is 0.621 bits per heavy atom. The van der Waals surface area contributed by atoms with Crippen LogP contribution in [0.1, 0.15) is 94.0 Å². The molecule has 0 radical (unpaired) electrons. The Kier molecular flexibility index (Phi) is 11.2. The van der Waals surface area contributed by atoms with Gasteiger partial charge in [-0.3, -0.25) is 4.79 Å². The molecular formula is C27H39NO. The van der Waals surface area contributed by atoms with Crippen LogP contribution in [-0.4, -0.2) is 18.9 Å². The number of hydrogen-bond donors (Lipinski definition) is 0. The van der Waals surface area contributed by atoms with E-state index in [1.807, 2.05) is 42.5 Å². The van der Waals surface area contributed by atoms with Crippen LogP contribution in [-0.2, 0) is 0 Å². The lowest BCUT2D eigenvalue weighted by molar-refractivity contribution is 0.103. The van der Waals surface area contributed by atoms with Crippen molar-refractivity contribution in [1.29, 1.82) is 0 Å². The molecule has 0 bridgehead atoms. The number of benzene rings is 2. The molecule has 0 aromatic heterocycles. The Labute approximate surface area is 178 Å². The number of ketones is 1. The first-order valence-corrected chi connectivity index (χ1v) is 11.7. The number of carbonyl (C=O) groups is 1. The quantitative estimate of drug-likeness (QED) is 0.228. The zero-order valence-electron chi connectivity index (χ0n) is 18.5. The van der Waals surface area contributed by atoms with Gasteiger partial charge in [-0.15, -0.1) is 0 Å². The van der Waals surface area contributed by atoms with E-state index >= 15 is 0 Å². The van der Waals surface area contributed by atoms with Crippen LogP contribution in [0.15, 0.2) is 54.6 Å². The van der Waals surface area contributed by atoms with E-state index in [2.05, 4.69) is 30.9 Å². The molecule has 0 heterocycles. The largest absolute Gasteiger partial charge is 0.372 e.